The van der Waals surface area contributed by atoms with Crippen LogP contribution in [0.15, 0.2) is 18.2 Å². The molecule has 1 aromatic heterocycles. The lowest BCUT2D eigenvalue weighted by Crippen LogP contribution is -2.07. The molecule has 0 bridgehead atoms. The fraction of sp³-hybridized carbons (Fsp3) is 0.0769. The lowest BCUT2D eigenvalue weighted by molar-refractivity contribution is 0.411. The van der Waals surface area contributed by atoms with Gasteiger partial charge >= 0.3 is 0 Å². The Morgan fingerprint density at radius 1 is 1.10 bits per heavy atom. The van der Waals surface area contributed by atoms with Crippen LogP contribution in [0, 0.1) is 41.8 Å². The van der Waals surface area contributed by atoms with E-state index in [9.17, 15) is 17.6 Å². The number of benzene rings is 1. The van der Waals surface area contributed by atoms with E-state index in [1.807, 2.05) is 6.07 Å². The van der Waals surface area contributed by atoms with E-state index in [2.05, 4.69) is 10.3 Å². The second kappa shape index (κ2) is 5.17. The van der Waals surface area contributed by atoms with E-state index >= 15 is 0 Å². The molecule has 0 aliphatic heterocycles. The molecular formula is C13H7F4N3. The van der Waals surface area contributed by atoms with Crippen molar-refractivity contribution >= 4 is 11.4 Å². The third kappa shape index (κ3) is 2.28. The zero-order valence-corrected chi connectivity index (χ0v) is 10.1. The molecule has 2 rings (SSSR count). The van der Waals surface area contributed by atoms with Gasteiger partial charge < -0.3 is 5.32 Å². The van der Waals surface area contributed by atoms with Crippen molar-refractivity contribution in [2.45, 2.75) is 6.92 Å². The van der Waals surface area contributed by atoms with Crippen LogP contribution in [0.4, 0.5) is 28.9 Å². The summed E-state index contributed by atoms with van der Waals surface area (Å²) < 4.78 is 52.9. The maximum atomic E-state index is 13.5. The first kappa shape index (κ1) is 13.8. The van der Waals surface area contributed by atoms with Crippen LogP contribution < -0.4 is 5.32 Å². The molecule has 0 aliphatic rings. The third-order valence-electron chi connectivity index (χ3n) is 2.64. The van der Waals surface area contributed by atoms with Gasteiger partial charge in [0.05, 0.1) is 11.3 Å². The molecule has 1 N–H and O–H groups in total. The zero-order chi connectivity index (χ0) is 14.9. The fourth-order valence-corrected chi connectivity index (χ4v) is 1.65. The number of aromatic nitrogens is 1. The average molecular weight is 281 g/mol. The van der Waals surface area contributed by atoms with E-state index in [0.29, 0.717) is 5.56 Å². The Hall–Kier alpha value is -2.62. The number of rotatable bonds is 2. The standard InChI is InChI=1S/C13H7F4N3/c1-6-3-2-4-8(7(6)5-18)19-11-9(14)12(16)20-13(17)10(11)15/h2-4H,1H3,(H,19,20). The van der Waals surface area contributed by atoms with Crippen molar-refractivity contribution < 1.29 is 17.6 Å². The topological polar surface area (TPSA) is 48.7 Å². The number of pyridine rings is 1. The SMILES string of the molecule is Cc1cccc(Nc2c(F)c(F)nc(F)c2F)c1C#N. The smallest absolute Gasteiger partial charge is 0.253 e. The summed E-state index contributed by atoms with van der Waals surface area (Å²) in [5.41, 5.74) is -0.329. The second-order valence-corrected chi connectivity index (χ2v) is 3.93. The normalized spacial score (nSPS) is 10.2. The van der Waals surface area contributed by atoms with Crippen LogP contribution in [0.5, 0.6) is 0 Å². The first-order chi connectivity index (χ1) is 9.45. The van der Waals surface area contributed by atoms with Crippen LogP contribution >= 0.6 is 0 Å². The van der Waals surface area contributed by atoms with Gasteiger partial charge in [0.15, 0.2) is 0 Å². The number of nitrogens with zero attached hydrogens (tertiary/aromatic N) is 2. The van der Waals surface area contributed by atoms with E-state index in [4.69, 9.17) is 5.26 Å². The minimum atomic E-state index is -1.77. The second-order valence-electron chi connectivity index (χ2n) is 3.93. The quantitative estimate of drug-likeness (QED) is 0.676. The monoisotopic (exact) mass is 281 g/mol. The number of hydrogen-bond acceptors (Lipinski definition) is 3. The molecule has 0 atom stereocenters. The number of nitriles is 1. The van der Waals surface area contributed by atoms with Gasteiger partial charge in [0.25, 0.3) is 11.9 Å². The molecule has 0 radical (unpaired) electrons. The minimum absolute atomic E-state index is 0.0373. The maximum absolute atomic E-state index is 13.5. The van der Waals surface area contributed by atoms with Crippen molar-refractivity contribution in [3.63, 3.8) is 0 Å². The Balaban J connectivity index is 2.57. The predicted molar refractivity (Wildman–Crippen MR) is 63.2 cm³/mol. The van der Waals surface area contributed by atoms with Crippen molar-refractivity contribution in [1.82, 2.24) is 4.98 Å². The van der Waals surface area contributed by atoms with Crippen LogP contribution in [-0.4, -0.2) is 4.98 Å². The molecule has 20 heavy (non-hydrogen) atoms. The molecule has 102 valence electrons. The third-order valence-corrected chi connectivity index (χ3v) is 2.64. The Labute approximate surface area is 111 Å². The molecule has 0 fully saturated rings. The van der Waals surface area contributed by atoms with Crippen LogP contribution in [0.2, 0.25) is 0 Å². The van der Waals surface area contributed by atoms with Gasteiger partial charge in [-0.15, -0.1) is 0 Å². The molecule has 7 heteroatoms. The molecule has 0 saturated heterocycles. The van der Waals surface area contributed by atoms with Crippen LogP contribution in [0.3, 0.4) is 0 Å². The zero-order valence-electron chi connectivity index (χ0n) is 10.1. The highest BCUT2D eigenvalue weighted by Crippen LogP contribution is 2.28. The summed E-state index contributed by atoms with van der Waals surface area (Å²) in [6, 6.07) is 6.35. The molecule has 0 amide bonds. The van der Waals surface area contributed by atoms with Gasteiger partial charge in [-0.3, -0.25) is 0 Å². The molecule has 0 spiro atoms. The number of hydrogen-bond donors (Lipinski definition) is 1. The molecule has 0 unspecified atom stereocenters. The molecule has 0 aliphatic carbocycles. The van der Waals surface area contributed by atoms with Crippen molar-refractivity contribution in [2.24, 2.45) is 0 Å². The molecular weight excluding hydrogens is 274 g/mol. The fourth-order valence-electron chi connectivity index (χ4n) is 1.65. The van der Waals surface area contributed by atoms with E-state index in [1.165, 1.54) is 12.1 Å². The first-order valence-corrected chi connectivity index (χ1v) is 5.42. The van der Waals surface area contributed by atoms with Crippen molar-refractivity contribution in [2.75, 3.05) is 5.32 Å². The molecule has 1 aromatic carbocycles. The summed E-state index contributed by atoms with van der Waals surface area (Å²) in [7, 11) is 0. The van der Waals surface area contributed by atoms with Gasteiger partial charge in [0.2, 0.25) is 11.6 Å². The van der Waals surface area contributed by atoms with Gasteiger partial charge in [-0.2, -0.15) is 27.8 Å². The lowest BCUT2D eigenvalue weighted by atomic mass is 10.1. The Morgan fingerprint density at radius 2 is 1.70 bits per heavy atom. The van der Waals surface area contributed by atoms with Gasteiger partial charge in [-0.25, -0.2) is 0 Å². The predicted octanol–water partition coefficient (Wildman–Crippen LogP) is 3.56. The highest BCUT2D eigenvalue weighted by atomic mass is 19.2. The van der Waals surface area contributed by atoms with E-state index in [0.717, 1.165) is 0 Å². The highest BCUT2D eigenvalue weighted by molar-refractivity contribution is 5.68. The summed E-state index contributed by atoms with van der Waals surface area (Å²) >= 11 is 0. The van der Waals surface area contributed by atoms with Crippen LogP contribution in [0.1, 0.15) is 11.1 Å². The van der Waals surface area contributed by atoms with Crippen molar-refractivity contribution in [1.29, 1.82) is 5.26 Å². The van der Waals surface area contributed by atoms with Gasteiger partial charge in [0.1, 0.15) is 11.8 Å². The Bertz CT molecular complexity index is 696. The summed E-state index contributed by atoms with van der Waals surface area (Å²) in [6.45, 7) is 1.62. The van der Waals surface area contributed by atoms with Gasteiger partial charge in [-0.05, 0) is 18.6 Å². The molecule has 3 nitrogen and oxygen atoms in total. The molecule has 1 heterocycles. The maximum Gasteiger partial charge on any atom is 0.253 e. The van der Waals surface area contributed by atoms with Crippen molar-refractivity contribution in [3.8, 4) is 6.07 Å². The average Bonchev–Trinajstić information content (AvgIpc) is 2.41. The summed E-state index contributed by atoms with van der Waals surface area (Å²) in [4.78, 5) is 2.45. The Kier molecular flexibility index (Phi) is 3.57. The Morgan fingerprint density at radius 3 is 2.25 bits per heavy atom. The van der Waals surface area contributed by atoms with Crippen LogP contribution in [-0.2, 0) is 0 Å². The van der Waals surface area contributed by atoms with Crippen molar-refractivity contribution in [3.05, 3.63) is 52.9 Å². The molecule has 2 aromatic rings. The number of aryl methyl sites for hydroxylation is 1. The number of nitrogens with one attached hydrogen (secondary N) is 1. The van der Waals surface area contributed by atoms with E-state index in [1.54, 1.807) is 13.0 Å². The van der Waals surface area contributed by atoms with E-state index < -0.39 is 29.2 Å². The lowest BCUT2D eigenvalue weighted by Gasteiger charge is -2.11. The largest absolute Gasteiger partial charge is 0.349 e. The summed E-state index contributed by atoms with van der Waals surface area (Å²) in [5.74, 6) is -6.85. The van der Waals surface area contributed by atoms with Crippen LogP contribution in [0.25, 0.3) is 0 Å². The van der Waals surface area contributed by atoms with Gasteiger partial charge in [-0.1, -0.05) is 12.1 Å². The summed E-state index contributed by atoms with van der Waals surface area (Å²) in [5, 5.41) is 11.2. The minimum Gasteiger partial charge on any atom is -0.349 e. The number of halogens is 4. The first-order valence-electron chi connectivity index (χ1n) is 5.42. The van der Waals surface area contributed by atoms with Gasteiger partial charge in [0, 0.05) is 0 Å². The highest BCUT2D eigenvalue weighted by Gasteiger charge is 2.21. The van der Waals surface area contributed by atoms with E-state index in [-0.39, 0.29) is 11.3 Å². The molecule has 0 saturated carbocycles. The number of anilines is 2. The summed E-state index contributed by atoms with van der Waals surface area (Å²) in [6.07, 6.45) is 0.